The molecule has 0 aliphatic carbocycles. The molecule has 9 heteroatoms. The molecule has 0 radical (unpaired) electrons. The van der Waals surface area contributed by atoms with Gasteiger partial charge in [0.1, 0.15) is 11.7 Å². The molecule has 2 heterocycles. The van der Waals surface area contributed by atoms with Crippen LogP contribution in [-0.2, 0) is 13.0 Å². The molecular weight excluding hydrogens is 431 g/mol. The molecule has 0 atom stereocenters. The van der Waals surface area contributed by atoms with Crippen molar-refractivity contribution in [2.24, 2.45) is 4.99 Å². The fourth-order valence-corrected chi connectivity index (χ4v) is 1.89. The van der Waals surface area contributed by atoms with Gasteiger partial charge in [-0.2, -0.15) is 4.98 Å². The summed E-state index contributed by atoms with van der Waals surface area (Å²) in [5.74, 6) is 1.82. The molecule has 0 unspecified atom stereocenters. The Kier molecular flexibility index (Phi) is 8.85. The highest BCUT2D eigenvalue weighted by atomic mass is 127. The molecule has 0 fully saturated rings. The van der Waals surface area contributed by atoms with Crippen molar-refractivity contribution in [3.63, 3.8) is 0 Å². The summed E-state index contributed by atoms with van der Waals surface area (Å²) in [5.41, 5.74) is 1.11. The molecule has 0 bridgehead atoms. The Morgan fingerprint density at radius 3 is 2.78 bits per heavy atom. The van der Waals surface area contributed by atoms with Gasteiger partial charge in [-0.05, 0) is 25.0 Å². The number of pyridine rings is 1. The van der Waals surface area contributed by atoms with Crippen LogP contribution in [0.3, 0.4) is 0 Å². The third-order valence-electron chi connectivity index (χ3n) is 2.79. The number of aryl methyl sites for hydroxylation is 1. The summed E-state index contributed by atoms with van der Waals surface area (Å²) in [6, 6.07) is 3.75. The van der Waals surface area contributed by atoms with E-state index >= 15 is 0 Å². The second-order valence-electron chi connectivity index (χ2n) is 4.59. The van der Waals surface area contributed by atoms with Crippen molar-refractivity contribution in [3.8, 4) is 0 Å². The minimum absolute atomic E-state index is 0. The first kappa shape index (κ1) is 19.6. The highest BCUT2D eigenvalue weighted by molar-refractivity contribution is 14.0. The number of halogens is 2. The van der Waals surface area contributed by atoms with E-state index in [1.165, 1.54) is 0 Å². The van der Waals surface area contributed by atoms with E-state index in [-0.39, 0.29) is 24.0 Å². The predicted octanol–water partition coefficient (Wildman–Crippen LogP) is 2.34. The molecule has 0 saturated carbocycles. The third kappa shape index (κ3) is 7.12. The van der Waals surface area contributed by atoms with Gasteiger partial charge in [-0.15, -0.1) is 24.0 Å². The second kappa shape index (κ2) is 10.4. The fourth-order valence-electron chi connectivity index (χ4n) is 1.78. The zero-order chi connectivity index (χ0) is 15.8. The molecule has 2 aromatic rings. The Hall–Kier alpha value is -1.42. The summed E-state index contributed by atoms with van der Waals surface area (Å²) < 4.78 is 4.92. The number of nitrogens with zero attached hydrogens (tertiary/aromatic N) is 4. The van der Waals surface area contributed by atoms with Crippen molar-refractivity contribution in [2.45, 2.75) is 26.8 Å². The van der Waals surface area contributed by atoms with Gasteiger partial charge in [-0.3, -0.25) is 0 Å². The number of guanidine groups is 1. The van der Waals surface area contributed by atoms with E-state index in [0.29, 0.717) is 29.4 Å². The lowest BCUT2D eigenvalue weighted by Gasteiger charge is -2.10. The summed E-state index contributed by atoms with van der Waals surface area (Å²) in [6.07, 6.45) is 2.60. The molecule has 2 aromatic heterocycles. The molecule has 2 N–H and O–H groups in total. The van der Waals surface area contributed by atoms with Crippen molar-refractivity contribution in [3.05, 3.63) is 40.8 Å². The average Bonchev–Trinajstić information content (AvgIpc) is 2.92. The molecular formula is C14H20ClIN6O. The molecule has 0 saturated heterocycles. The van der Waals surface area contributed by atoms with E-state index in [9.17, 15) is 0 Å². The highest BCUT2D eigenvalue weighted by Gasteiger charge is 2.03. The summed E-state index contributed by atoms with van der Waals surface area (Å²) in [6.45, 7) is 5.65. The van der Waals surface area contributed by atoms with Crippen LogP contribution in [0.15, 0.2) is 27.8 Å². The van der Waals surface area contributed by atoms with Gasteiger partial charge in [0.05, 0.1) is 0 Å². The maximum absolute atomic E-state index is 5.76. The van der Waals surface area contributed by atoms with Gasteiger partial charge >= 0.3 is 0 Å². The van der Waals surface area contributed by atoms with Crippen molar-refractivity contribution < 1.29 is 4.52 Å². The zero-order valence-corrected chi connectivity index (χ0v) is 16.1. The minimum atomic E-state index is 0. The molecule has 0 aliphatic rings. The van der Waals surface area contributed by atoms with Gasteiger partial charge in [-0.1, -0.05) is 22.8 Å². The molecule has 2 rings (SSSR count). The molecule has 126 valence electrons. The maximum Gasteiger partial charge on any atom is 0.223 e. The topological polar surface area (TPSA) is 88.2 Å². The predicted molar refractivity (Wildman–Crippen MR) is 100 cm³/mol. The van der Waals surface area contributed by atoms with Crippen molar-refractivity contribution in [1.29, 1.82) is 0 Å². The van der Waals surface area contributed by atoms with Crippen LogP contribution in [0.1, 0.15) is 24.2 Å². The van der Waals surface area contributed by atoms with E-state index in [2.05, 4.69) is 30.8 Å². The van der Waals surface area contributed by atoms with Crippen LogP contribution >= 0.6 is 35.6 Å². The van der Waals surface area contributed by atoms with E-state index in [4.69, 9.17) is 16.1 Å². The summed E-state index contributed by atoms with van der Waals surface area (Å²) in [5, 5.41) is 10.7. The van der Waals surface area contributed by atoms with Crippen molar-refractivity contribution >= 4 is 41.5 Å². The Balaban J connectivity index is 0.00000264. The summed E-state index contributed by atoms with van der Waals surface area (Å²) >= 11 is 5.76. The van der Waals surface area contributed by atoms with E-state index in [1.807, 2.05) is 13.0 Å². The number of hydrogen-bond acceptors (Lipinski definition) is 5. The molecule has 0 aromatic carbocycles. The van der Waals surface area contributed by atoms with Crippen molar-refractivity contribution in [2.75, 3.05) is 13.1 Å². The summed E-state index contributed by atoms with van der Waals surface area (Å²) in [4.78, 5) is 12.6. The Morgan fingerprint density at radius 1 is 1.35 bits per heavy atom. The first-order valence-electron chi connectivity index (χ1n) is 7.09. The van der Waals surface area contributed by atoms with Gasteiger partial charge in [-0.25, -0.2) is 9.98 Å². The SMILES string of the molecule is CCNC(=NCc1noc(C)n1)NCCc1ccc(Cl)nc1.I. The van der Waals surface area contributed by atoms with Crippen molar-refractivity contribution in [1.82, 2.24) is 25.8 Å². The number of aromatic nitrogens is 3. The number of hydrogen-bond donors (Lipinski definition) is 2. The van der Waals surface area contributed by atoms with E-state index < -0.39 is 0 Å². The lowest BCUT2D eigenvalue weighted by molar-refractivity contribution is 0.387. The lowest BCUT2D eigenvalue weighted by Crippen LogP contribution is -2.38. The molecule has 7 nitrogen and oxygen atoms in total. The Morgan fingerprint density at radius 2 is 2.17 bits per heavy atom. The minimum Gasteiger partial charge on any atom is -0.357 e. The van der Waals surface area contributed by atoms with Crippen LogP contribution in [-0.4, -0.2) is 34.2 Å². The average molecular weight is 451 g/mol. The third-order valence-corrected chi connectivity index (χ3v) is 3.01. The lowest BCUT2D eigenvalue weighted by atomic mass is 10.2. The second-order valence-corrected chi connectivity index (χ2v) is 4.98. The van der Waals surface area contributed by atoms with Gasteiger partial charge < -0.3 is 15.2 Å². The maximum atomic E-state index is 5.76. The normalized spacial score (nSPS) is 11.0. The van der Waals surface area contributed by atoms with Gasteiger partial charge in [0.25, 0.3) is 0 Å². The van der Waals surface area contributed by atoms with Gasteiger partial charge in [0, 0.05) is 26.2 Å². The molecule has 0 aliphatic heterocycles. The van der Waals surface area contributed by atoms with E-state index in [0.717, 1.165) is 25.1 Å². The first-order chi connectivity index (χ1) is 10.7. The molecule has 0 spiro atoms. The number of aliphatic imine (C=N–C) groups is 1. The van der Waals surface area contributed by atoms with Crippen LogP contribution in [0.25, 0.3) is 0 Å². The largest absolute Gasteiger partial charge is 0.357 e. The zero-order valence-electron chi connectivity index (χ0n) is 13.0. The van der Waals surface area contributed by atoms with Gasteiger partial charge in [0.2, 0.25) is 5.89 Å². The molecule has 23 heavy (non-hydrogen) atoms. The molecule has 0 amide bonds. The monoisotopic (exact) mass is 450 g/mol. The van der Waals surface area contributed by atoms with E-state index in [1.54, 1.807) is 19.2 Å². The smallest absolute Gasteiger partial charge is 0.223 e. The van der Waals surface area contributed by atoms with Crippen LogP contribution in [0.4, 0.5) is 0 Å². The number of rotatable bonds is 6. The Bertz CT molecular complexity index is 616. The van der Waals surface area contributed by atoms with Crippen LogP contribution < -0.4 is 10.6 Å². The van der Waals surface area contributed by atoms with Crippen LogP contribution in [0.2, 0.25) is 5.15 Å². The van der Waals surface area contributed by atoms with Crippen LogP contribution in [0, 0.1) is 6.92 Å². The fraction of sp³-hybridized carbons (Fsp3) is 0.429. The van der Waals surface area contributed by atoms with Gasteiger partial charge in [0.15, 0.2) is 11.8 Å². The first-order valence-corrected chi connectivity index (χ1v) is 7.47. The standard InChI is InChI=1S/C14H19ClN6O.HI/c1-3-16-14(19-9-13-20-10(2)22-21-13)17-7-6-11-4-5-12(15)18-8-11;/h4-5,8H,3,6-7,9H2,1-2H3,(H2,16,17,19);1H. The summed E-state index contributed by atoms with van der Waals surface area (Å²) in [7, 11) is 0. The number of nitrogens with one attached hydrogen (secondary N) is 2. The van der Waals surface area contributed by atoms with Crippen LogP contribution in [0.5, 0.6) is 0 Å². The highest BCUT2D eigenvalue weighted by Crippen LogP contribution is 2.05. The quantitative estimate of drug-likeness (QED) is 0.304. The Labute approximate surface area is 157 Å².